The largest absolute Gasteiger partial charge is 0.434 e. The lowest BCUT2D eigenvalue weighted by Gasteiger charge is -1.96. The fourth-order valence-electron chi connectivity index (χ4n) is 1.07. The summed E-state index contributed by atoms with van der Waals surface area (Å²) in [4.78, 5) is 25.5. The molecule has 4 nitrogen and oxygen atoms in total. The van der Waals surface area contributed by atoms with Crippen molar-refractivity contribution in [3.8, 4) is 0 Å². The molecule has 84 valence electrons. The first kappa shape index (κ1) is 12.1. The van der Waals surface area contributed by atoms with E-state index in [2.05, 4.69) is 4.98 Å². The van der Waals surface area contributed by atoms with Gasteiger partial charge < -0.3 is 4.74 Å². The molecule has 1 rings (SSSR count). The predicted molar refractivity (Wildman–Crippen MR) is 58.5 cm³/mol. The Bertz CT molecular complexity index is 385. The molecule has 1 aromatic rings. The second-order valence-electron chi connectivity index (χ2n) is 3.31. The number of carbonyl (C=O) groups excluding carboxylic acids is 2. The third kappa shape index (κ3) is 5.05. The van der Waals surface area contributed by atoms with Crippen LogP contribution in [0.25, 0.3) is 0 Å². The molecule has 0 bridgehead atoms. The minimum atomic E-state index is -0.532. The van der Waals surface area contributed by atoms with Gasteiger partial charge >= 0.3 is 5.97 Å². The van der Waals surface area contributed by atoms with E-state index in [4.69, 9.17) is 4.74 Å². The molecule has 0 amide bonds. The number of esters is 1. The van der Waals surface area contributed by atoms with E-state index >= 15 is 0 Å². The Kier molecular flexibility index (Phi) is 4.92. The molecule has 0 aliphatic carbocycles. The van der Waals surface area contributed by atoms with Crippen LogP contribution >= 0.6 is 0 Å². The zero-order valence-electron chi connectivity index (χ0n) is 9.05. The molecule has 0 radical (unpaired) electrons. The first-order chi connectivity index (χ1) is 7.68. The second-order valence-corrected chi connectivity index (χ2v) is 3.31. The number of Topliss-reactive ketones (excluding diaryl/α,β-unsaturated/α-hetero) is 1. The number of carbonyl (C=O) groups is 2. The molecule has 0 aromatic carbocycles. The molecular weight excluding hydrogens is 206 g/mol. The maximum absolute atomic E-state index is 11.0. The lowest BCUT2D eigenvalue weighted by molar-refractivity contribution is -0.140. The number of nitrogens with zero attached hydrogens (tertiary/aromatic N) is 1. The summed E-state index contributed by atoms with van der Waals surface area (Å²) in [6.07, 6.45) is 6.90. The van der Waals surface area contributed by atoms with Crippen LogP contribution in [0.1, 0.15) is 18.9 Å². The summed E-state index contributed by atoms with van der Waals surface area (Å²) < 4.78 is 4.71. The molecule has 1 aromatic heterocycles. The highest BCUT2D eigenvalue weighted by atomic mass is 16.5. The van der Waals surface area contributed by atoms with Crippen molar-refractivity contribution in [2.75, 3.05) is 0 Å². The highest BCUT2D eigenvalue weighted by Gasteiger charge is 2.03. The molecule has 0 aliphatic rings. The van der Waals surface area contributed by atoms with Crippen LogP contribution in [0.4, 0.5) is 0 Å². The van der Waals surface area contributed by atoms with E-state index in [1.807, 2.05) is 12.1 Å². The second kappa shape index (κ2) is 6.50. The highest BCUT2D eigenvalue weighted by Crippen LogP contribution is 1.98. The third-order valence-corrected chi connectivity index (χ3v) is 1.77. The number of hydrogen-bond acceptors (Lipinski definition) is 4. The maximum Gasteiger partial charge on any atom is 0.318 e. The van der Waals surface area contributed by atoms with Gasteiger partial charge in [0, 0.05) is 12.4 Å². The van der Waals surface area contributed by atoms with Crippen molar-refractivity contribution < 1.29 is 14.3 Å². The van der Waals surface area contributed by atoms with E-state index in [9.17, 15) is 9.59 Å². The van der Waals surface area contributed by atoms with Crippen LogP contribution < -0.4 is 0 Å². The summed E-state index contributed by atoms with van der Waals surface area (Å²) in [6.45, 7) is 1.35. The summed E-state index contributed by atoms with van der Waals surface area (Å²) in [6, 6.07) is 3.76. The molecule has 16 heavy (non-hydrogen) atoms. The first-order valence-electron chi connectivity index (χ1n) is 4.91. The number of pyridine rings is 1. The Hall–Kier alpha value is -1.97. The fourth-order valence-corrected chi connectivity index (χ4v) is 1.07. The summed E-state index contributed by atoms with van der Waals surface area (Å²) in [5, 5.41) is 0. The van der Waals surface area contributed by atoms with Gasteiger partial charge in [0.05, 0.1) is 6.26 Å². The van der Waals surface area contributed by atoms with Crippen LogP contribution in [0, 0.1) is 0 Å². The zero-order chi connectivity index (χ0) is 11.8. The standard InChI is InChI=1S/C12H13NO3/c1-10(14)8-12(15)16-7-3-5-11-4-2-6-13-9-11/h2-4,6-7,9H,5,8H2,1H3/b7-3+. The van der Waals surface area contributed by atoms with Gasteiger partial charge in [-0.1, -0.05) is 6.07 Å². The van der Waals surface area contributed by atoms with Crippen molar-refractivity contribution in [1.82, 2.24) is 4.98 Å². The van der Waals surface area contributed by atoms with Gasteiger partial charge in [-0.3, -0.25) is 14.6 Å². The van der Waals surface area contributed by atoms with Gasteiger partial charge in [0.2, 0.25) is 0 Å². The zero-order valence-corrected chi connectivity index (χ0v) is 9.05. The molecule has 0 saturated carbocycles. The number of rotatable bonds is 5. The van der Waals surface area contributed by atoms with E-state index in [0.717, 1.165) is 5.56 Å². The SMILES string of the molecule is CC(=O)CC(=O)O/C=C/Cc1cccnc1. The van der Waals surface area contributed by atoms with Crippen molar-refractivity contribution in [2.45, 2.75) is 19.8 Å². The number of ketones is 1. The summed E-state index contributed by atoms with van der Waals surface area (Å²) in [5.41, 5.74) is 1.03. The van der Waals surface area contributed by atoms with Crippen LogP contribution in [-0.4, -0.2) is 16.7 Å². The van der Waals surface area contributed by atoms with E-state index in [0.29, 0.717) is 6.42 Å². The van der Waals surface area contributed by atoms with Gasteiger partial charge in [0.15, 0.2) is 0 Å². The monoisotopic (exact) mass is 219 g/mol. The number of aromatic nitrogens is 1. The summed E-state index contributed by atoms with van der Waals surface area (Å²) >= 11 is 0. The van der Waals surface area contributed by atoms with Gasteiger partial charge in [0.1, 0.15) is 12.2 Å². The lowest BCUT2D eigenvalue weighted by Crippen LogP contribution is -2.05. The Morgan fingerprint density at radius 2 is 2.31 bits per heavy atom. The van der Waals surface area contributed by atoms with Gasteiger partial charge in [-0.15, -0.1) is 0 Å². The van der Waals surface area contributed by atoms with Crippen molar-refractivity contribution in [3.63, 3.8) is 0 Å². The van der Waals surface area contributed by atoms with Crippen LogP contribution in [0.2, 0.25) is 0 Å². The van der Waals surface area contributed by atoms with Gasteiger partial charge in [0.25, 0.3) is 0 Å². The number of ether oxygens (including phenoxy) is 1. The van der Waals surface area contributed by atoms with E-state index in [1.54, 1.807) is 18.5 Å². The summed E-state index contributed by atoms with van der Waals surface area (Å²) in [5.74, 6) is -0.736. The van der Waals surface area contributed by atoms with Gasteiger partial charge in [-0.2, -0.15) is 0 Å². The minimum Gasteiger partial charge on any atom is -0.434 e. The molecule has 0 N–H and O–H groups in total. The Morgan fingerprint density at radius 1 is 1.50 bits per heavy atom. The van der Waals surface area contributed by atoms with E-state index in [-0.39, 0.29) is 12.2 Å². The average molecular weight is 219 g/mol. The van der Waals surface area contributed by atoms with Crippen LogP contribution in [-0.2, 0) is 20.7 Å². The molecule has 0 atom stereocenters. The Balaban J connectivity index is 2.28. The molecule has 0 spiro atoms. The van der Waals surface area contributed by atoms with E-state index in [1.165, 1.54) is 13.2 Å². The Morgan fingerprint density at radius 3 is 2.94 bits per heavy atom. The normalized spacial score (nSPS) is 10.3. The Labute approximate surface area is 94.0 Å². The van der Waals surface area contributed by atoms with Crippen molar-refractivity contribution in [2.24, 2.45) is 0 Å². The summed E-state index contributed by atoms with van der Waals surface area (Å²) in [7, 11) is 0. The van der Waals surface area contributed by atoms with E-state index < -0.39 is 5.97 Å². The van der Waals surface area contributed by atoms with Crippen LogP contribution in [0.3, 0.4) is 0 Å². The lowest BCUT2D eigenvalue weighted by atomic mass is 10.2. The molecule has 4 heteroatoms. The minimum absolute atomic E-state index is 0.183. The first-order valence-corrected chi connectivity index (χ1v) is 4.91. The van der Waals surface area contributed by atoms with Crippen LogP contribution in [0.15, 0.2) is 36.9 Å². The van der Waals surface area contributed by atoms with Crippen LogP contribution in [0.5, 0.6) is 0 Å². The number of hydrogen-bond donors (Lipinski definition) is 0. The molecule has 0 aliphatic heterocycles. The topological polar surface area (TPSA) is 56.3 Å². The van der Waals surface area contributed by atoms with Crippen molar-refractivity contribution in [3.05, 3.63) is 42.4 Å². The quantitative estimate of drug-likeness (QED) is 0.429. The maximum atomic E-state index is 11.0. The van der Waals surface area contributed by atoms with Crippen molar-refractivity contribution >= 4 is 11.8 Å². The molecule has 1 heterocycles. The highest BCUT2D eigenvalue weighted by molar-refractivity contribution is 5.94. The number of allylic oxidation sites excluding steroid dienone is 1. The van der Waals surface area contributed by atoms with Gasteiger partial charge in [-0.05, 0) is 31.1 Å². The molecule has 0 fully saturated rings. The molecule has 0 saturated heterocycles. The van der Waals surface area contributed by atoms with Crippen molar-refractivity contribution in [1.29, 1.82) is 0 Å². The molecule has 0 unspecified atom stereocenters. The van der Waals surface area contributed by atoms with Gasteiger partial charge in [-0.25, -0.2) is 0 Å². The predicted octanol–water partition coefficient (Wildman–Crippen LogP) is 1.66. The third-order valence-electron chi connectivity index (χ3n) is 1.77. The molecular formula is C12H13NO3. The average Bonchev–Trinajstić information content (AvgIpc) is 2.25. The smallest absolute Gasteiger partial charge is 0.318 e. The fraction of sp³-hybridized carbons (Fsp3) is 0.250.